The lowest BCUT2D eigenvalue weighted by molar-refractivity contribution is -0.143. The molecule has 0 radical (unpaired) electrons. The van der Waals surface area contributed by atoms with E-state index in [1.165, 1.54) is 0 Å². The van der Waals surface area contributed by atoms with E-state index in [2.05, 4.69) is 0 Å². The minimum Gasteiger partial charge on any atom is -0.459 e. The van der Waals surface area contributed by atoms with Crippen LogP contribution in [0.3, 0.4) is 0 Å². The van der Waals surface area contributed by atoms with Gasteiger partial charge in [-0.15, -0.1) is 0 Å². The molecule has 1 atom stereocenters. The molecule has 7 heteroatoms. The molecule has 3 N–H and O–H groups in total. The van der Waals surface area contributed by atoms with Gasteiger partial charge in [0.25, 0.3) is 0 Å². The van der Waals surface area contributed by atoms with Crippen molar-refractivity contribution in [1.29, 1.82) is 0 Å². The predicted molar refractivity (Wildman–Crippen MR) is 92.3 cm³/mol. The maximum absolute atomic E-state index is 12.6. The van der Waals surface area contributed by atoms with Gasteiger partial charge in [-0.2, -0.15) is 0 Å². The van der Waals surface area contributed by atoms with Gasteiger partial charge in [0.1, 0.15) is 17.9 Å². The third-order valence-corrected chi connectivity index (χ3v) is 3.86. The Hall–Kier alpha value is -3.06. The third-order valence-electron chi connectivity index (χ3n) is 3.86. The highest BCUT2D eigenvalue weighted by atomic mass is 16.5. The summed E-state index contributed by atoms with van der Waals surface area (Å²) < 4.78 is 16.3. The fraction of sp³-hybridized carbons (Fsp3) is 0.263. The van der Waals surface area contributed by atoms with Crippen molar-refractivity contribution in [3.05, 3.63) is 75.2 Å². The Balaban J connectivity index is 2.24. The average Bonchev–Trinajstić information content (AvgIpc) is 2.61. The molecule has 0 saturated heterocycles. The molecule has 26 heavy (non-hydrogen) atoms. The standard InChI is InChI=1S/C19H19NO6/c1-10(2)24-19(23)15-14(11-6-4-3-5-7-11)17-16(26-18(15)20)13(22)8-12(9-21)25-17/h3-8,10,14,21H,9,20H2,1-2H3/t14-/m1/s1. The van der Waals surface area contributed by atoms with E-state index in [9.17, 15) is 14.7 Å². The van der Waals surface area contributed by atoms with Crippen LogP contribution in [0.15, 0.2) is 57.1 Å². The first kappa shape index (κ1) is 17.8. The Morgan fingerprint density at radius 1 is 1.31 bits per heavy atom. The number of benzene rings is 1. The molecule has 1 aliphatic rings. The second-order valence-corrected chi connectivity index (χ2v) is 6.11. The molecule has 0 aliphatic carbocycles. The van der Waals surface area contributed by atoms with Gasteiger partial charge in [0.2, 0.25) is 17.1 Å². The number of aliphatic hydroxyl groups excluding tert-OH is 1. The first-order valence-corrected chi connectivity index (χ1v) is 8.13. The van der Waals surface area contributed by atoms with Crippen LogP contribution in [0.4, 0.5) is 0 Å². The van der Waals surface area contributed by atoms with Gasteiger partial charge in [-0.05, 0) is 19.4 Å². The highest BCUT2D eigenvalue weighted by molar-refractivity contribution is 5.92. The van der Waals surface area contributed by atoms with Crippen molar-refractivity contribution in [2.45, 2.75) is 32.5 Å². The van der Waals surface area contributed by atoms with Crippen LogP contribution < -0.4 is 15.9 Å². The zero-order valence-electron chi connectivity index (χ0n) is 14.4. The summed E-state index contributed by atoms with van der Waals surface area (Å²) in [5.74, 6) is -1.58. The normalized spacial score (nSPS) is 16.2. The van der Waals surface area contributed by atoms with Gasteiger partial charge >= 0.3 is 5.97 Å². The number of carbonyl (C=O) groups excluding carboxylic acids is 1. The monoisotopic (exact) mass is 357 g/mol. The number of ether oxygens (including phenoxy) is 2. The first-order valence-electron chi connectivity index (χ1n) is 8.13. The molecule has 1 aliphatic heterocycles. The van der Waals surface area contributed by atoms with Gasteiger partial charge in [0.15, 0.2) is 5.76 Å². The van der Waals surface area contributed by atoms with Crippen LogP contribution in [0.1, 0.15) is 36.8 Å². The van der Waals surface area contributed by atoms with Crippen LogP contribution in [-0.4, -0.2) is 17.2 Å². The Morgan fingerprint density at radius 3 is 2.62 bits per heavy atom. The number of fused-ring (bicyclic) bond motifs is 1. The Morgan fingerprint density at radius 2 is 2.00 bits per heavy atom. The fourth-order valence-electron chi connectivity index (χ4n) is 2.82. The molecule has 136 valence electrons. The summed E-state index contributed by atoms with van der Waals surface area (Å²) in [5.41, 5.74) is 6.20. The lowest BCUT2D eigenvalue weighted by Gasteiger charge is -2.27. The van der Waals surface area contributed by atoms with Gasteiger partial charge in [0.05, 0.1) is 12.0 Å². The van der Waals surface area contributed by atoms with Crippen molar-refractivity contribution in [2.75, 3.05) is 0 Å². The maximum Gasteiger partial charge on any atom is 0.340 e. The summed E-state index contributed by atoms with van der Waals surface area (Å²) in [5, 5.41) is 9.36. The summed E-state index contributed by atoms with van der Waals surface area (Å²) >= 11 is 0. The zero-order chi connectivity index (χ0) is 18.8. The van der Waals surface area contributed by atoms with E-state index in [0.717, 1.165) is 6.07 Å². The largest absolute Gasteiger partial charge is 0.459 e. The van der Waals surface area contributed by atoms with Crippen molar-refractivity contribution in [1.82, 2.24) is 0 Å². The predicted octanol–water partition coefficient (Wildman–Crippen LogP) is 1.78. The molecule has 0 spiro atoms. The minimum absolute atomic E-state index is 0.0515. The van der Waals surface area contributed by atoms with Crippen LogP contribution in [0.5, 0.6) is 5.75 Å². The molecule has 0 saturated carbocycles. The van der Waals surface area contributed by atoms with Gasteiger partial charge < -0.3 is 24.7 Å². The van der Waals surface area contributed by atoms with Crippen LogP contribution in [0.25, 0.3) is 0 Å². The number of aliphatic hydroxyl groups is 1. The van der Waals surface area contributed by atoms with Gasteiger partial charge in [-0.3, -0.25) is 4.79 Å². The van der Waals surface area contributed by atoms with E-state index in [4.69, 9.17) is 19.6 Å². The van der Waals surface area contributed by atoms with E-state index in [0.29, 0.717) is 5.56 Å². The highest BCUT2D eigenvalue weighted by Crippen LogP contribution is 2.41. The molecular weight excluding hydrogens is 338 g/mol. The molecule has 3 rings (SSSR count). The summed E-state index contributed by atoms with van der Waals surface area (Å²) in [7, 11) is 0. The summed E-state index contributed by atoms with van der Waals surface area (Å²) in [6, 6.07) is 10.1. The Bertz CT molecular complexity index is 913. The van der Waals surface area contributed by atoms with Crippen molar-refractivity contribution in [3.63, 3.8) is 0 Å². The molecule has 0 unspecified atom stereocenters. The minimum atomic E-state index is -0.787. The third kappa shape index (κ3) is 3.21. The summed E-state index contributed by atoms with van der Waals surface area (Å²) in [6.07, 6.45) is -0.364. The number of nitrogens with two attached hydrogens (primary N) is 1. The number of rotatable bonds is 4. The second kappa shape index (κ2) is 7.05. The maximum atomic E-state index is 12.6. The van der Waals surface area contributed by atoms with Crippen molar-refractivity contribution in [3.8, 4) is 5.75 Å². The fourth-order valence-corrected chi connectivity index (χ4v) is 2.82. The highest BCUT2D eigenvalue weighted by Gasteiger charge is 2.39. The van der Waals surface area contributed by atoms with Crippen molar-refractivity contribution in [2.24, 2.45) is 5.73 Å². The topological polar surface area (TPSA) is 112 Å². The smallest absolute Gasteiger partial charge is 0.340 e. The van der Waals surface area contributed by atoms with E-state index >= 15 is 0 Å². The molecule has 1 aromatic heterocycles. The van der Waals surface area contributed by atoms with Crippen LogP contribution >= 0.6 is 0 Å². The van der Waals surface area contributed by atoms with Gasteiger partial charge in [-0.25, -0.2) is 4.79 Å². The van der Waals surface area contributed by atoms with Gasteiger partial charge in [-0.1, -0.05) is 30.3 Å². The van der Waals surface area contributed by atoms with Crippen LogP contribution in [0.2, 0.25) is 0 Å². The van der Waals surface area contributed by atoms with Crippen LogP contribution in [-0.2, 0) is 16.1 Å². The Kier molecular flexibility index (Phi) is 4.81. The quantitative estimate of drug-likeness (QED) is 0.802. The average molecular weight is 357 g/mol. The van der Waals surface area contributed by atoms with Gasteiger partial charge in [0, 0.05) is 6.07 Å². The number of esters is 1. The molecule has 0 fully saturated rings. The van der Waals surface area contributed by atoms with E-state index < -0.39 is 23.9 Å². The van der Waals surface area contributed by atoms with E-state index in [-0.39, 0.29) is 34.8 Å². The lowest BCUT2D eigenvalue weighted by atomic mass is 9.86. The number of hydrogen-bond donors (Lipinski definition) is 2. The first-order chi connectivity index (χ1) is 12.4. The zero-order valence-corrected chi connectivity index (χ0v) is 14.4. The summed E-state index contributed by atoms with van der Waals surface area (Å²) in [6.45, 7) is 2.97. The Labute approximate surface area is 149 Å². The van der Waals surface area contributed by atoms with Crippen LogP contribution in [0, 0.1) is 0 Å². The molecule has 0 bridgehead atoms. The second-order valence-electron chi connectivity index (χ2n) is 6.11. The summed E-state index contributed by atoms with van der Waals surface area (Å²) in [4.78, 5) is 25.0. The molecule has 2 heterocycles. The van der Waals surface area contributed by atoms with Crippen molar-refractivity contribution < 1.29 is 23.8 Å². The number of hydrogen-bond acceptors (Lipinski definition) is 7. The van der Waals surface area contributed by atoms with E-state index in [1.54, 1.807) is 38.1 Å². The molecular formula is C19H19NO6. The van der Waals surface area contributed by atoms with E-state index in [1.807, 2.05) is 6.07 Å². The molecule has 2 aromatic rings. The SMILES string of the molecule is CC(C)OC(=O)C1=C(N)Oc2c(oc(CO)cc2=O)[C@@H]1c1ccccc1. The molecule has 0 amide bonds. The molecule has 7 nitrogen and oxygen atoms in total. The van der Waals surface area contributed by atoms with Crippen molar-refractivity contribution >= 4 is 5.97 Å². The molecule has 1 aromatic carbocycles. The lowest BCUT2D eigenvalue weighted by Crippen LogP contribution is -2.31. The number of carbonyl (C=O) groups is 1.